The van der Waals surface area contributed by atoms with Gasteiger partial charge < -0.3 is 9.47 Å². The fourth-order valence-corrected chi connectivity index (χ4v) is 2.83. The molecule has 0 saturated heterocycles. The van der Waals surface area contributed by atoms with Crippen LogP contribution in [0.3, 0.4) is 0 Å². The van der Waals surface area contributed by atoms with E-state index in [4.69, 9.17) is 0 Å². The largest absolute Gasteiger partial charge is 0.329 e. The van der Waals surface area contributed by atoms with E-state index < -0.39 is 5.82 Å². The molecule has 0 spiro atoms. The van der Waals surface area contributed by atoms with E-state index in [1.807, 2.05) is 6.92 Å². The van der Waals surface area contributed by atoms with Crippen LogP contribution in [-0.2, 0) is 6.54 Å². The highest BCUT2D eigenvalue weighted by atomic mass is 19.1. The van der Waals surface area contributed by atoms with E-state index in [-0.39, 0.29) is 23.4 Å². The second-order valence-electron chi connectivity index (χ2n) is 5.89. The van der Waals surface area contributed by atoms with Crippen LogP contribution in [0.1, 0.15) is 54.7 Å². The number of aromatic nitrogens is 4. The number of carbonyl (C=O) groups is 1. The second-order valence-corrected chi connectivity index (χ2v) is 5.89. The molecule has 0 saturated carbocycles. The fraction of sp³-hybridized carbons (Fsp3) is 0.467. The molecule has 3 heterocycles. The van der Waals surface area contributed by atoms with Crippen LogP contribution < -0.4 is 0 Å². The average Bonchev–Trinajstić information content (AvgIpc) is 2.91. The van der Waals surface area contributed by atoms with Gasteiger partial charge in [-0.2, -0.15) is 0 Å². The molecule has 0 fully saturated rings. The fourth-order valence-electron chi connectivity index (χ4n) is 2.83. The van der Waals surface area contributed by atoms with Gasteiger partial charge in [0.15, 0.2) is 11.6 Å². The van der Waals surface area contributed by atoms with Gasteiger partial charge in [0.25, 0.3) is 5.91 Å². The first-order valence-corrected chi connectivity index (χ1v) is 7.31. The Labute approximate surface area is 128 Å². The van der Waals surface area contributed by atoms with Gasteiger partial charge in [0.2, 0.25) is 0 Å². The molecule has 1 amide bonds. The summed E-state index contributed by atoms with van der Waals surface area (Å²) in [5, 5.41) is 8.41. The number of pyridine rings is 1. The number of carbonyl (C=O) groups excluding carboxylic acids is 1. The summed E-state index contributed by atoms with van der Waals surface area (Å²) in [6, 6.07) is 1.46. The summed E-state index contributed by atoms with van der Waals surface area (Å²) in [7, 11) is 0. The molecular weight excluding hydrogens is 285 g/mol. The van der Waals surface area contributed by atoms with Crippen LogP contribution in [0.25, 0.3) is 0 Å². The van der Waals surface area contributed by atoms with Crippen molar-refractivity contribution in [2.24, 2.45) is 0 Å². The topological polar surface area (TPSA) is 63.9 Å². The molecule has 2 aromatic heterocycles. The molecular formula is C15H18FN5O. The maximum absolute atomic E-state index is 13.8. The van der Waals surface area contributed by atoms with Gasteiger partial charge >= 0.3 is 0 Å². The predicted octanol–water partition coefficient (Wildman–Crippen LogP) is 2.15. The van der Waals surface area contributed by atoms with Crippen LogP contribution in [0.15, 0.2) is 18.5 Å². The molecule has 3 rings (SSSR count). The summed E-state index contributed by atoms with van der Waals surface area (Å²) in [5.74, 6) is 0.987. The molecule has 1 atom stereocenters. The van der Waals surface area contributed by atoms with E-state index in [0.717, 1.165) is 17.8 Å². The Bertz CT molecular complexity index is 712. The Balaban J connectivity index is 1.90. The number of fused-ring (bicyclic) bond motifs is 1. The third kappa shape index (κ3) is 2.36. The minimum atomic E-state index is -0.602. The van der Waals surface area contributed by atoms with Crippen molar-refractivity contribution in [1.82, 2.24) is 24.6 Å². The maximum Gasteiger partial charge on any atom is 0.257 e. The van der Waals surface area contributed by atoms with Crippen molar-refractivity contribution in [3.8, 4) is 0 Å². The Kier molecular flexibility index (Phi) is 3.64. The minimum Gasteiger partial charge on any atom is -0.329 e. The van der Waals surface area contributed by atoms with Crippen molar-refractivity contribution in [2.75, 3.05) is 6.54 Å². The molecule has 22 heavy (non-hydrogen) atoms. The lowest BCUT2D eigenvalue weighted by Gasteiger charge is -2.33. The highest BCUT2D eigenvalue weighted by Crippen LogP contribution is 2.26. The number of hydrogen-bond donors (Lipinski definition) is 0. The molecule has 0 radical (unpaired) electrons. The van der Waals surface area contributed by atoms with Crippen LogP contribution in [0.4, 0.5) is 4.39 Å². The first-order valence-electron chi connectivity index (χ1n) is 7.31. The summed E-state index contributed by atoms with van der Waals surface area (Å²) in [4.78, 5) is 17.8. The van der Waals surface area contributed by atoms with Crippen LogP contribution >= 0.6 is 0 Å². The van der Waals surface area contributed by atoms with Crippen molar-refractivity contribution in [3.05, 3.63) is 41.5 Å². The Hall–Kier alpha value is -2.31. The lowest BCUT2D eigenvalue weighted by Crippen LogP contribution is -2.41. The van der Waals surface area contributed by atoms with E-state index >= 15 is 0 Å². The molecule has 0 bridgehead atoms. The molecule has 1 aliphatic rings. The molecule has 116 valence electrons. The van der Waals surface area contributed by atoms with Gasteiger partial charge in [-0.05, 0) is 13.0 Å². The van der Waals surface area contributed by atoms with Crippen LogP contribution in [0.2, 0.25) is 0 Å². The molecule has 0 aromatic carbocycles. The predicted molar refractivity (Wildman–Crippen MR) is 77.8 cm³/mol. The summed E-state index contributed by atoms with van der Waals surface area (Å²) in [6.07, 6.45) is 2.48. The van der Waals surface area contributed by atoms with Gasteiger partial charge in [0.1, 0.15) is 5.82 Å². The third-order valence-corrected chi connectivity index (χ3v) is 3.86. The first-order chi connectivity index (χ1) is 10.5. The standard InChI is InChI=1S/C15H18FN5O/c1-9(2)14-19-18-13-8-20(7-10(3)21(13)14)15(22)11-4-5-17-6-12(11)16/h4-6,9-10H,7-8H2,1-3H3/t10-/m0/s1. The van der Waals surface area contributed by atoms with E-state index in [2.05, 4.69) is 33.6 Å². The van der Waals surface area contributed by atoms with Crippen molar-refractivity contribution in [2.45, 2.75) is 39.3 Å². The number of halogens is 1. The van der Waals surface area contributed by atoms with Gasteiger partial charge in [-0.15, -0.1) is 10.2 Å². The number of amides is 1. The molecule has 6 nitrogen and oxygen atoms in total. The average molecular weight is 303 g/mol. The lowest BCUT2D eigenvalue weighted by molar-refractivity contribution is 0.0674. The van der Waals surface area contributed by atoms with E-state index in [1.54, 1.807) is 4.90 Å². The van der Waals surface area contributed by atoms with Gasteiger partial charge in [0.05, 0.1) is 24.3 Å². The normalized spacial score (nSPS) is 17.7. The Morgan fingerprint density at radius 1 is 1.41 bits per heavy atom. The van der Waals surface area contributed by atoms with Crippen molar-refractivity contribution in [1.29, 1.82) is 0 Å². The monoisotopic (exact) mass is 303 g/mol. The number of nitrogens with zero attached hydrogens (tertiary/aromatic N) is 5. The van der Waals surface area contributed by atoms with E-state index in [0.29, 0.717) is 13.1 Å². The van der Waals surface area contributed by atoms with Crippen molar-refractivity contribution < 1.29 is 9.18 Å². The Morgan fingerprint density at radius 2 is 2.18 bits per heavy atom. The van der Waals surface area contributed by atoms with Crippen molar-refractivity contribution >= 4 is 5.91 Å². The highest BCUT2D eigenvalue weighted by molar-refractivity contribution is 5.94. The molecule has 0 unspecified atom stereocenters. The number of hydrogen-bond acceptors (Lipinski definition) is 4. The van der Waals surface area contributed by atoms with Gasteiger partial charge in [0, 0.05) is 18.7 Å². The van der Waals surface area contributed by atoms with Crippen LogP contribution in [-0.4, -0.2) is 37.1 Å². The molecule has 1 aliphatic heterocycles. The van der Waals surface area contributed by atoms with Crippen LogP contribution in [0, 0.1) is 5.82 Å². The molecule has 0 N–H and O–H groups in total. The van der Waals surface area contributed by atoms with Gasteiger partial charge in [-0.1, -0.05) is 13.8 Å². The first kappa shape index (κ1) is 14.6. The summed E-state index contributed by atoms with van der Waals surface area (Å²) in [5.41, 5.74) is 0.0410. The smallest absolute Gasteiger partial charge is 0.257 e. The quantitative estimate of drug-likeness (QED) is 0.853. The zero-order chi connectivity index (χ0) is 15.9. The lowest BCUT2D eigenvalue weighted by atomic mass is 10.1. The third-order valence-electron chi connectivity index (χ3n) is 3.86. The zero-order valence-electron chi connectivity index (χ0n) is 12.8. The second kappa shape index (κ2) is 5.47. The Morgan fingerprint density at radius 3 is 2.86 bits per heavy atom. The van der Waals surface area contributed by atoms with Crippen LogP contribution in [0.5, 0.6) is 0 Å². The molecule has 2 aromatic rings. The minimum absolute atomic E-state index is 0.0410. The van der Waals surface area contributed by atoms with E-state index in [1.165, 1.54) is 12.3 Å². The summed E-state index contributed by atoms with van der Waals surface area (Å²) in [6.45, 7) is 6.98. The van der Waals surface area contributed by atoms with E-state index in [9.17, 15) is 9.18 Å². The molecule has 7 heteroatoms. The summed E-state index contributed by atoms with van der Waals surface area (Å²) >= 11 is 0. The molecule has 0 aliphatic carbocycles. The zero-order valence-corrected chi connectivity index (χ0v) is 12.8. The van der Waals surface area contributed by atoms with Gasteiger partial charge in [-0.25, -0.2) is 4.39 Å². The SMILES string of the molecule is CC(C)c1nnc2n1[C@@H](C)CN(C(=O)c1ccncc1F)C2. The van der Waals surface area contributed by atoms with Crippen molar-refractivity contribution in [3.63, 3.8) is 0 Å². The van der Waals surface area contributed by atoms with Gasteiger partial charge in [-0.3, -0.25) is 9.78 Å². The maximum atomic E-state index is 13.8. The summed E-state index contributed by atoms with van der Waals surface area (Å²) < 4.78 is 15.8. The number of rotatable bonds is 2. The highest BCUT2D eigenvalue weighted by Gasteiger charge is 2.31.